The molecule has 7 heteroatoms. The molecule has 6 nitrogen and oxygen atoms in total. The van der Waals surface area contributed by atoms with Gasteiger partial charge in [0, 0.05) is 30.4 Å². The van der Waals surface area contributed by atoms with E-state index in [0.717, 1.165) is 0 Å². The Morgan fingerprint density at radius 1 is 1.45 bits per heavy atom. The Balaban J connectivity index is 2.40. The number of nitrogens with zero attached hydrogens (tertiary/aromatic N) is 1. The molecule has 1 atom stereocenters. The van der Waals surface area contributed by atoms with Gasteiger partial charge in [-0.15, -0.1) is 0 Å². The first-order chi connectivity index (χ1) is 9.38. The van der Waals surface area contributed by atoms with Gasteiger partial charge >= 0.3 is 5.97 Å². The van der Waals surface area contributed by atoms with Gasteiger partial charge < -0.3 is 15.3 Å². The summed E-state index contributed by atoms with van der Waals surface area (Å²) >= 11 is 3.36. The minimum absolute atomic E-state index is 0.00815. The summed E-state index contributed by atoms with van der Waals surface area (Å²) in [6.07, 6.45) is 0.340. The van der Waals surface area contributed by atoms with E-state index in [9.17, 15) is 19.5 Å². The van der Waals surface area contributed by atoms with Crippen molar-refractivity contribution < 1.29 is 19.5 Å². The zero-order valence-corrected chi connectivity index (χ0v) is 12.3. The van der Waals surface area contributed by atoms with Crippen LogP contribution in [0, 0.1) is 0 Å². The fourth-order valence-electron chi connectivity index (χ4n) is 2.12. The van der Waals surface area contributed by atoms with Crippen LogP contribution in [-0.2, 0) is 9.59 Å². The van der Waals surface area contributed by atoms with E-state index >= 15 is 0 Å². The Morgan fingerprint density at radius 2 is 2.15 bits per heavy atom. The second-order valence-electron chi connectivity index (χ2n) is 4.52. The maximum atomic E-state index is 11.9. The zero-order chi connectivity index (χ0) is 14.9. The highest BCUT2D eigenvalue weighted by Gasteiger charge is 2.31. The lowest BCUT2D eigenvalue weighted by Gasteiger charge is -2.19. The van der Waals surface area contributed by atoms with Crippen LogP contribution in [0.3, 0.4) is 0 Å². The molecule has 2 amide bonds. The second kappa shape index (κ2) is 5.62. The molecule has 1 aromatic carbocycles. The number of rotatable bonds is 3. The standard InChI is InChI=1S/C13H13BrN2O4/c1-7(17)15-9-2-3-11(10(5-9)13(19)20)16-6-8(14)4-12(16)18/h2-3,5,8H,4,6H2,1H3,(H,15,17)(H,19,20). The van der Waals surface area contributed by atoms with Gasteiger partial charge in [-0.3, -0.25) is 9.59 Å². The van der Waals surface area contributed by atoms with E-state index in [4.69, 9.17) is 0 Å². The van der Waals surface area contributed by atoms with Crippen molar-refractivity contribution in [3.63, 3.8) is 0 Å². The van der Waals surface area contributed by atoms with Gasteiger partial charge in [-0.25, -0.2) is 4.79 Å². The fourth-order valence-corrected chi connectivity index (χ4v) is 2.69. The first-order valence-electron chi connectivity index (χ1n) is 5.98. The van der Waals surface area contributed by atoms with Gasteiger partial charge in [-0.2, -0.15) is 0 Å². The SMILES string of the molecule is CC(=O)Nc1ccc(N2CC(Br)CC2=O)c(C(=O)O)c1. The molecule has 1 aliphatic rings. The summed E-state index contributed by atoms with van der Waals surface area (Å²) in [4.78, 5) is 35.7. The average Bonchev–Trinajstić information content (AvgIpc) is 2.67. The number of carbonyl (C=O) groups excluding carboxylic acids is 2. The Kier molecular flexibility index (Phi) is 4.08. The van der Waals surface area contributed by atoms with Crippen LogP contribution in [0.1, 0.15) is 23.7 Å². The van der Waals surface area contributed by atoms with Gasteiger partial charge in [-0.1, -0.05) is 15.9 Å². The van der Waals surface area contributed by atoms with Crippen LogP contribution in [0.5, 0.6) is 0 Å². The third kappa shape index (κ3) is 2.98. The van der Waals surface area contributed by atoms with Gasteiger partial charge in [0.05, 0.1) is 11.3 Å². The van der Waals surface area contributed by atoms with Crippen molar-refractivity contribution in [2.24, 2.45) is 0 Å². The molecule has 1 saturated heterocycles. The van der Waals surface area contributed by atoms with Crippen molar-refractivity contribution in [2.75, 3.05) is 16.8 Å². The fraction of sp³-hybridized carbons (Fsp3) is 0.308. The number of carboxylic acids is 1. The predicted octanol–water partition coefficient (Wildman–Crippen LogP) is 1.84. The van der Waals surface area contributed by atoms with Crippen molar-refractivity contribution in [2.45, 2.75) is 18.2 Å². The molecule has 20 heavy (non-hydrogen) atoms. The number of benzene rings is 1. The molecule has 0 bridgehead atoms. The van der Waals surface area contributed by atoms with E-state index < -0.39 is 5.97 Å². The summed E-state index contributed by atoms with van der Waals surface area (Å²) in [5, 5.41) is 11.8. The Morgan fingerprint density at radius 3 is 2.65 bits per heavy atom. The first kappa shape index (κ1) is 14.5. The number of amides is 2. The molecule has 0 aromatic heterocycles. The van der Waals surface area contributed by atoms with Gasteiger partial charge in [0.2, 0.25) is 11.8 Å². The lowest BCUT2D eigenvalue weighted by molar-refractivity contribution is -0.117. The van der Waals surface area contributed by atoms with Crippen molar-refractivity contribution in [1.29, 1.82) is 0 Å². The Labute approximate surface area is 123 Å². The smallest absolute Gasteiger partial charge is 0.337 e. The number of anilines is 2. The van der Waals surface area contributed by atoms with E-state index in [2.05, 4.69) is 21.2 Å². The summed E-state index contributed by atoms with van der Waals surface area (Å²) in [6.45, 7) is 1.77. The van der Waals surface area contributed by atoms with E-state index in [1.165, 1.54) is 24.0 Å². The third-order valence-corrected chi connectivity index (χ3v) is 3.53. The van der Waals surface area contributed by atoms with E-state index in [1.807, 2.05) is 0 Å². The molecule has 1 fully saturated rings. The molecule has 0 radical (unpaired) electrons. The highest BCUT2D eigenvalue weighted by Crippen LogP contribution is 2.30. The number of hydrogen-bond donors (Lipinski definition) is 2. The summed E-state index contributed by atoms with van der Waals surface area (Å²) < 4.78 is 0. The molecule has 0 saturated carbocycles. The number of aromatic carboxylic acids is 1. The van der Waals surface area contributed by atoms with Crippen molar-refractivity contribution in [1.82, 2.24) is 0 Å². The lowest BCUT2D eigenvalue weighted by Crippen LogP contribution is -2.26. The quantitative estimate of drug-likeness (QED) is 0.822. The topological polar surface area (TPSA) is 86.7 Å². The Hall–Kier alpha value is -1.89. The number of nitrogens with one attached hydrogen (secondary N) is 1. The zero-order valence-electron chi connectivity index (χ0n) is 10.7. The number of carboxylic acid groups (broad SMARTS) is 1. The van der Waals surface area contributed by atoms with Gasteiger partial charge in [0.15, 0.2) is 0 Å². The monoisotopic (exact) mass is 340 g/mol. The maximum absolute atomic E-state index is 11.9. The van der Waals surface area contributed by atoms with Crippen molar-refractivity contribution in [3.05, 3.63) is 23.8 Å². The number of hydrogen-bond acceptors (Lipinski definition) is 3. The molecule has 106 valence electrons. The van der Waals surface area contributed by atoms with Gasteiger partial charge in [0.25, 0.3) is 0 Å². The summed E-state index contributed by atoms with van der Waals surface area (Å²) in [5.41, 5.74) is 0.727. The van der Waals surface area contributed by atoms with E-state index in [1.54, 1.807) is 6.07 Å². The molecule has 1 aliphatic heterocycles. The van der Waals surface area contributed by atoms with E-state index in [0.29, 0.717) is 24.3 Å². The molecular formula is C13H13BrN2O4. The molecule has 2 rings (SSSR count). The van der Waals surface area contributed by atoms with Crippen LogP contribution in [-0.4, -0.2) is 34.3 Å². The molecule has 0 spiro atoms. The van der Waals surface area contributed by atoms with Crippen LogP contribution < -0.4 is 10.2 Å². The number of alkyl halides is 1. The lowest BCUT2D eigenvalue weighted by atomic mass is 10.1. The van der Waals surface area contributed by atoms with Crippen LogP contribution in [0.15, 0.2) is 18.2 Å². The van der Waals surface area contributed by atoms with E-state index in [-0.39, 0.29) is 22.2 Å². The highest BCUT2D eigenvalue weighted by molar-refractivity contribution is 9.09. The molecule has 0 aliphatic carbocycles. The number of halogens is 1. The first-order valence-corrected chi connectivity index (χ1v) is 6.89. The maximum Gasteiger partial charge on any atom is 0.337 e. The second-order valence-corrected chi connectivity index (χ2v) is 5.82. The largest absolute Gasteiger partial charge is 0.478 e. The van der Waals surface area contributed by atoms with Crippen LogP contribution in [0.2, 0.25) is 0 Å². The normalized spacial score (nSPS) is 18.2. The summed E-state index contributed by atoms with van der Waals surface area (Å²) in [7, 11) is 0. The minimum atomic E-state index is -1.14. The third-order valence-electron chi connectivity index (χ3n) is 2.92. The summed E-state index contributed by atoms with van der Waals surface area (Å²) in [5.74, 6) is -1.55. The average molecular weight is 341 g/mol. The Bertz CT molecular complexity index is 588. The summed E-state index contributed by atoms with van der Waals surface area (Å²) in [6, 6.07) is 4.48. The molecule has 1 aromatic rings. The molecule has 1 heterocycles. The van der Waals surface area contributed by atoms with Gasteiger partial charge in [-0.05, 0) is 18.2 Å². The minimum Gasteiger partial charge on any atom is -0.478 e. The van der Waals surface area contributed by atoms with Crippen LogP contribution in [0.25, 0.3) is 0 Å². The van der Waals surface area contributed by atoms with Crippen molar-refractivity contribution in [3.8, 4) is 0 Å². The predicted molar refractivity (Wildman–Crippen MR) is 77.4 cm³/mol. The number of carbonyl (C=O) groups is 3. The molecule has 2 N–H and O–H groups in total. The molecular weight excluding hydrogens is 328 g/mol. The van der Waals surface area contributed by atoms with Crippen LogP contribution >= 0.6 is 15.9 Å². The van der Waals surface area contributed by atoms with Gasteiger partial charge in [0.1, 0.15) is 0 Å². The highest BCUT2D eigenvalue weighted by atomic mass is 79.9. The van der Waals surface area contributed by atoms with Crippen LogP contribution in [0.4, 0.5) is 11.4 Å². The van der Waals surface area contributed by atoms with Crippen molar-refractivity contribution >= 4 is 45.1 Å². The molecule has 1 unspecified atom stereocenters.